The van der Waals surface area contributed by atoms with E-state index in [-0.39, 0.29) is 6.10 Å². The van der Waals surface area contributed by atoms with Gasteiger partial charge in [-0.05, 0) is 68.7 Å². The van der Waals surface area contributed by atoms with E-state index in [1.807, 2.05) is 64.1 Å². The van der Waals surface area contributed by atoms with E-state index in [4.69, 9.17) is 9.47 Å². The van der Waals surface area contributed by atoms with Gasteiger partial charge in [0.2, 0.25) is 0 Å². The van der Waals surface area contributed by atoms with Crippen LogP contribution in [0.15, 0.2) is 47.5 Å². The minimum absolute atomic E-state index is 0.125. The number of aliphatic imine (C=N–C) groups is 1. The maximum absolute atomic E-state index is 10.5. The van der Waals surface area contributed by atoms with Crippen LogP contribution in [-0.2, 0) is 6.54 Å². The molecule has 0 fully saturated rings. The molecule has 0 amide bonds. The first-order valence-electron chi connectivity index (χ1n) is 10.0. The van der Waals surface area contributed by atoms with Gasteiger partial charge < -0.3 is 25.2 Å². The highest BCUT2D eigenvalue weighted by atomic mass is 16.5. The van der Waals surface area contributed by atoms with E-state index >= 15 is 0 Å². The number of ether oxygens (including phenoxy) is 2. The average molecular weight is 400 g/mol. The molecule has 158 valence electrons. The van der Waals surface area contributed by atoms with Crippen LogP contribution in [0.5, 0.6) is 11.5 Å². The van der Waals surface area contributed by atoms with Crippen LogP contribution in [0.25, 0.3) is 0 Å². The molecule has 29 heavy (non-hydrogen) atoms. The molecule has 1 unspecified atom stereocenters. The number of aryl methyl sites for hydroxylation is 1. The number of hydrogen-bond donors (Lipinski definition) is 3. The molecule has 2 aromatic carbocycles. The standard InChI is InChI=1S/C23H33N3O3/c1-6-24-23(25-14-18-11-17(4)12-21(13-18)28-5)26-15-22(27)19-7-9-20(10-8-19)29-16(2)3/h7-13,16,22,27H,6,14-15H2,1-5H3,(H2,24,25,26). The second-order valence-electron chi connectivity index (χ2n) is 7.19. The van der Waals surface area contributed by atoms with Crippen LogP contribution in [0.4, 0.5) is 0 Å². The van der Waals surface area contributed by atoms with E-state index in [1.165, 1.54) is 0 Å². The van der Waals surface area contributed by atoms with Crippen molar-refractivity contribution in [1.29, 1.82) is 0 Å². The topological polar surface area (TPSA) is 75.1 Å². The zero-order chi connectivity index (χ0) is 21.2. The quantitative estimate of drug-likeness (QED) is 0.444. The van der Waals surface area contributed by atoms with Crippen LogP contribution in [0, 0.1) is 6.92 Å². The summed E-state index contributed by atoms with van der Waals surface area (Å²) in [6.45, 7) is 9.63. The Morgan fingerprint density at radius 3 is 2.41 bits per heavy atom. The zero-order valence-electron chi connectivity index (χ0n) is 18.0. The predicted molar refractivity (Wildman–Crippen MR) is 118 cm³/mol. The molecule has 3 N–H and O–H groups in total. The first-order chi connectivity index (χ1) is 13.9. The number of hydrogen-bond acceptors (Lipinski definition) is 4. The Morgan fingerprint density at radius 1 is 1.07 bits per heavy atom. The van der Waals surface area contributed by atoms with E-state index in [2.05, 4.69) is 21.7 Å². The lowest BCUT2D eigenvalue weighted by Gasteiger charge is -2.16. The normalized spacial score (nSPS) is 12.6. The summed E-state index contributed by atoms with van der Waals surface area (Å²) in [5.41, 5.74) is 3.03. The van der Waals surface area contributed by atoms with Gasteiger partial charge >= 0.3 is 0 Å². The lowest BCUT2D eigenvalue weighted by molar-refractivity contribution is 0.180. The molecule has 0 bridgehead atoms. The van der Waals surface area contributed by atoms with Gasteiger partial charge in [-0.3, -0.25) is 0 Å². The summed E-state index contributed by atoms with van der Waals surface area (Å²) in [6.07, 6.45) is -0.522. The van der Waals surface area contributed by atoms with Crippen molar-refractivity contribution in [3.8, 4) is 11.5 Å². The summed E-state index contributed by atoms with van der Waals surface area (Å²) in [6, 6.07) is 13.6. The lowest BCUT2D eigenvalue weighted by atomic mass is 10.1. The molecule has 6 nitrogen and oxygen atoms in total. The largest absolute Gasteiger partial charge is 0.497 e. The Morgan fingerprint density at radius 2 is 1.79 bits per heavy atom. The smallest absolute Gasteiger partial charge is 0.191 e. The van der Waals surface area contributed by atoms with Crippen molar-refractivity contribution in [2.75, 3.05) is 20.2 Å². The van der Waals surface area contributed by atoms with Gasteiger partial charge in [0.25, 0.3) is 0 Å². The molecule has 0 saturated carbocycles. The summed E-state index contributed by atoms with van der Waals surface area (Å²) in [4.78, 5) is 4.62. The molecule has 0 radical (unpaired) electrons. The molecular formula is C23H33N3O3. The third-order valence-corrected chi connectivity index (χ3v) is 4.21. The molecule has 2 aromatic rings. The Hall–Kier alpha value is -2.73. The van der Waals surface area contributed by atoms with Crippen LogP contribution < -0.4 is 20.1 Å². The van der Waals surface area contributed by atoms with Crippen molar-refractivity contribution in [3.05, 3.63) is 59.2 Å². The molecule has 0 aliphatic carbocycles. The summed E-state index contributed by atoms with van der Waals surface area (Å²) < 4.78 is 11.0. The van der Waals surface area contributed by atoms with Gasteiger partial charge in [-0.2, -0.15) is 0 Å². The molecular weight excluding hydrogens is 366 g/mol. The van der Waals surface area contributed by atoms with E-state index in [9.17, 15) is 5.11 Å². The molecule has 6 heteroatoms. The van der Waals surface area contributed by atoms with Crippen molar-refractivity contribution >= 4 is 5.96 Å². The first kappa shape index (κ1) is 22.6. The number of aliphatic hydroxyl groups is 1. The number of nitrogens with zero attached hydrogens (tertiary/aromatic N) is 1. The zero-order valence-corrected chi connectivity index (χ0v) is 18.0. The SMILES string of the molecule is CCNC(=NCc1cc(C)cc(OC)c1)NCC(O)c1ccc(OC(C)C)cc1. The van der Waals surface area contributed by atoms with Crippen molar-refractivity contribution in [3.63, 3.8) is 0 Å². The number of aliphatic hydroxyl groups excluding tert-OH is 1. The number of rotatable bonds is 9. The number of guanidine groups is 1. The van der Waals surface area contributed by atoms with E-state index in [0.717, 1.165) is 34.7 Å². The highest BCUT2D eigenvalue weighted by molar-refractivity contribution is 5.79. The third-order valence-electron chi connectivity index (χ3n) is 4.21. The maximum atomic E-state index is 10.5. The Labute approximate surface area is 174 Å². The highest BCUT2D eigenvalue weighted by Crippen LogP contribution is 2.19. The molecule has 0 aliphatic rings. The second-order valence-corrected chi connectivity index (χ2v) is 7.19. The van der Waals surface area contributed by atoms with E-state index < -0.39 is 6.10 Å². The predicted octanol–water partition coefficient (Wildman–Crippen LogP) is 3.58. The highest BCUT2D eigenvalue weighted by Gasteiger charge is 2.09. The summed E-state index contributed by atoms with van der Waals surface area (Å²) in [7, 11) is 1.66. The first-order valence-corrected chi connectivity index (χ1v) is 10.0. The molecule has 0 heterocycles. The fourth-order valence-corrected chi connectivity index (χ4v) is 2.90. The fourth-order valence-electron chi connectivity index (χ4n) is 2.90. The minimum atomic E-state index is -0.647. The lowest BCUT2D eigenvalue weighted by Crippen LogP contribution is -2.39. The molecule has 0 aromatic heterocycles. The van der Waals surface area contributed by atoms with E-state index in [0.29, 0.717) is 19.0 Å². The summed E-state index contributed by atoms with van der Waals surface area (Å²) >= 11 is 0. The van der Waals surface area contributed by atoms with Gasteiger partial charge in [-0.1, -0.05) is 18.2 Å². The van der Waals surface area contributed by atoms with Gasteiger partial charge in [0, 0.05) is 13.1 Å². The fraction of sp³-hybridized carbons (Fsp3) is 0.435. The van der Waals surface area contributed by atoms with Gasteiger partial charge in [0.1, 0.15) is 11.5 Å². The van der Waals surface area contributed by atoms with Crippen molar-refractivity contribution in [2.45, 2.75) is 46.4 Å². The number of benzene rings is 2. The average Bonchev–Trinajstić information content (AvgIpc) is 2.69. The number of methoxy groups -OCH3 is 1. The Balaban J connectivity index is 1.97. The van der Waals surface area contributed by atoms with Crippen LogP contribution in [0.1, 0.15) is 43.6 Å². The van der Waals surface area contributed by atoms with Crippen LogP contribution in [0.3, 0.4) is 0 Å². The molecule has 0 aliphatic heterocycles. The summed E-state index contributed by atoms with van der Waals surface area (Å²) in [5, 5.41) is 16.9. The second kappa shape index (κ2) is 11.3. The van der Waals surface area contributed by atoms with Crippen molar-refractivity contribution in [2.24, 2.45) is 4.99 Å². The van der Waals surface area contributed by atoms with Crippen LogP contribution in [0.2, 0.25) is 0 Å². The van der Waals surface area contributed by atoms with Gasteiger partial charge in [-0.15, -0.1) is 0 Å². The van der Waals surface area contributed by atoms with Crippen LogP contribution in [-0.4, -0.2) is 37.4 Å². The monoisotopic (exact) mass is 399 g/mol. The molecule has 0 spiro atoms. The van der Waals surface area contributed by atoms with Crippen molar-refractivity contribution in [1.82, 2.24) is 10.6 Å². The minimum Gasteiger partial charge on any atom is -0.497 e. The maximum Gasteiger partial charge on any atom is 0.191 e. The van der Waals surface area contributed by atoms with E-state index in [1.54, 1.807) is 7.11 Å². The van der Waals surface area contributed by atoms with Crippen molar-refractivity contribution < 1.29 is 14.6 Å². The molecule has 0 saturated heterocycles. The van der Waals surface area contributed by atoms with Gasteiger partial charge in [0.05, 0.1) is 25.9 Å². The Bertz CT molecular complexity index is 788. The molecule has 1 atom stereocenters. The molecule has 2 rings (SSSR count). The number of nitrogens with one attached hydrogen (secondary N) is 2. The van der Waals surface area contributed by atoms with Gasteiger partial charge in [-0.25, -0.2) is 4.99 Å². The third kappa shape index (κ3) is 7.66. The Kier molecular flexibility index (Phi) is 8.80. The van der Waals surface area contributed by atoms with Crippen LogP contribution >= 0.6 is 0 Å². The summed E-state index contributed by atoms with van der Waals surface area (Å²) in [5.74, 6) is 2.28. The van der Waals surface area contributed by atoms with Gasteiger partial charge in [0.15, 0.2) is 5.96 Å².